The maximum atomic E-state index is 13.7. The predicted molar refractivity (Wildman–Crippen MR) is 179 cm³/mol. The minimum atomic E-state index is -0.193. The van der Waals surface area contributed by atoms with E-state index < -0.39 is 0 Å². The summed E-state index contributed by atoms with van der Waals surface area (Å²) in [6, 6.07) is 25.6. The molecule has 1 fully saturated rings. The Morgan fingerprint density at radius 2 is 1.49 bits per heavy atom. The fourth-order valence-corrected chi connectivity index (χ4v) is 6.11. The number of thioether (sulfide) groups is 1. The van der Waals surface area contributed by atoms with E-state index in [9.17, 15) is 4.79 Å². The summed E-state index contributed by atoms with van der Waals surface area (Å²) in [5.74, 6) is 1.05. The number of amidine groups is 1. The van der Waals surface area contributed by atoms with E-state index in [1.165, 1.54) is 11.8 Å². The average Bonchev–Trinajstić information content (AvgIpc) is 3.25. The molecule has 0 N–H and O–H groups in total. The number of carbonyl (C=O) groups is 1. The van der Waals surface area contributed by atoms with E-state index in [2.05, 4.69) is 22.6 Å². The lowest BCUT2D eigenvalue weighted by atomic mass is 10.1. The van der Waals surface area contributed by atoms with Gasteiger partial charge in [-0.3, -0.25) is 9.69 Å². The standard InChI is InChI=1S/C31H22Cl3IN2O3S/c1-2-39-27-16-20(15-26(35)29(27)40-18-19-3-5-21(32)6-4-19)17-28-30(38)37(25-13-9-23(34)10-14-25)31(41-28)36-24-11-7-22(33)8-12-24/h3-17H,2,18H2,1H3/b28-17-,36-31?. The molecule has 1 amide bonds. The number of amides is 1. The average molecular weight is 736 g/mol. The molecule has 0 bridgehead atoms. The van der Waals surface area contributed by atoms with Crippen LogP contribution in [0.2, 0.25) is 15.1 Å². The zero-order valence-corrected chi connectivity index (χ0v) is 26.9. The van der Waals surface area contributed by atoms with Gasteiger partial charge in [-0.2, -0.15) is 0 Å². The molecule has 1 saturated heterocycles. The minimum absolute atomic E-state index is 0.193. The molecule has 0 unspecified atom stereocenters. The molecule has 5 nitrogen and oxygen atoms in total. The SMILES string of the molecule is CCOc1cc(/C=C2\SC(=Nc3ccc(Cl)cc3)N(c3ccc(Cl)cc3)C2=O)cc(I)c1OCc1ccc(Cl)cc1. The second-order valence-electron chi connectivity index (χ2n) is 8.78. The highest BCUT2D eigenvalue weighted by Crippen LogP contribution is 2.40. The molecule has 208 valence electrons. The molecule has 41 heavy (non-hydrogen) atoms. The number of anilines is 1. The van der Waals surface area contributed by atoms with Gasteiger partial charge in [0.15, 0.2) is 16.7 Å². The number of hydrogen-bond acceptors (Lipinski definition) is 5. The fraction of sp³-hybridized carbons (Fsp3) is 0.0968. The van der Waals surface area contributed by atoms with Crippen molar-refractivity contribution in [2.45, 2.75) is 13.5 Å². The van der Waals surface area contributed by atoms with Crippen molar-refractivity contribution in [3.05, 3.63) is 120 Å². The molecule has 0 aliphatic carbocycles. The lowest BCUT2D eigenvalue weighted by Gasteiger charge is -2.16. The third kappa shape index (κ3) is 7.40. The van der Waals surface area contributed by atoms with Crippen LogP contribution >= 0.6 is 69.2 Å². The highest BCUT2D eigenvalue weighted by molar-refractivity contribution is 14.1. The van der Waals surface area contributed by atoms with E-state index in [0.29, 0.717) is 61.2 Å². The summed E-state index contributed by atoms with van der Waals surface area (Å²) in [6.45, 7) is 2.74. The Morgan fingerprint density at radius 3 is 2.12 bits per heavy atom. The van der Waals surface area contributed by atoms with E-state index in [0.717, 1.165) is 14.7 Å². The molecule has 0 spiro atoms. The largest absolute Gasteiger partial charge is 0.490 e. The van der Waals surface area contributed by atoms with E-state index in [4.69, 9.17) is 49.3 Å². The Hall–Kier alpha value is -2.69. The molecule has 0 atom stereocenters. The van der Waals surface area contributed by atoms with Crippen LogP contribution in [0.25, 0.3) is 6.08 Å². The smallest absolute Gasteiger partial charge is 0.271 e. The predicted octanol–water partition coefficient (Wildman–Crippen LogP) is 10.0. The summed E-state index contributed by atoms with van der Waals surface area (Å²) in [5, 5.41) is 2.38. The summed E-state index contributed by atoms with van der Waals surface area (Å²) in [7, 11) is 0. The molecule has 4 aromatic rings. The monoisotopic (exact) mass is 734 g/mol. The molecule has 0 radical (unpaired) electrons. The van der Waals surface area contributed by atoms with E-state index in [1.807, 2.05) is 61.5 Å². The summed E-state index contributed by atoms with van der Waals surface area (Å²) in [4.78, 5) is 20.6. The maximum Gasteiger partial charge on any atom is 0.271 e. The lowest BCUT2D eigenvalue weighted by molar-refractivity contribution is -0.113. The molecule has 1 heterocycles. The van der Waals surface area contributed by atoms with Crippen LogP contribution in [0.1, 0.15) is 18.1 Å². The number of carbonyl (C=O) groups excluding carboxylic acids is 1. The molecular formula is C31H22Cl3IN2O3S. The summed E-state index contributed by atoms with van der Waals surface area (Å²) < 4.78 is 12.9. The van der Waals surface area contributed by atoms with Crippen molar-refractivity contribution in [3.63, 3.8) is 0 Å². The van der Waals surface area contributed by atoms with Crippen LogP contribution in [0.4, 0.5) is 11.4 Å². The third-order valence-corrected chi connectivity index (χ3v) is 8.39. The number of ether oxygens (including phenoxy) is 2. The van der Waals surface area contributed by atoms with Crippen LogP contribution in [0, 0.1) is 3.57 Å². The molecule has 1 aliphatic rings. The molecule has 5 rings (SSSR count). The highest BCUT2D eigenvalue weighted by Gasteiger charge is 2.35. The second-order valence-corrected chi connectivity index (χ2v) is 12.3. The van der Waals surface area contributed by atoms with Crippen molar-refractivity contribution < 1.29 is 14.3 Å². The van der Waals surface area contributed by atoms with Gasteiger partial charge in [0, 0.05) is 15.1 Å². The number of nitrogens with zero attached hydrogens (tertiary/aromatic N) is 2. The number of benzene rings is 4. The topological polar surface area (TPSA) is 51.1 Å². The van der Waals surface area contributed by atoms with Crippen LogP contribution in [-0.2, 0) is 11.4 Å². The van der Waals surface area contributed by atoms with Gasteiger partial charge in [-0.15, -0.1) is 0 Å². The first-order valence-electron chi connectivity index (χ1n) is 12.5. The zero-order chi connectivity index (χ0) is 28.9. The Kier molecular flexibility index (Phi) is 9.83. The first-order valence-corrected chi connectivity index (χ1v) is 15.5. The Morgan fingerprint density at radius 1 is 0.878 bits per heavy atom. The van der Waals surface area contributed by atoms with Crippen molar-refractivity contribution in [1.29, 1.82) is 0 Å². The minimum Gasteiger partial charge on any atom is -0.490 e. The van der Waals surface area contributed by atoms with Gasteiger partial charge in [-0.25, -0.2) is 4.99 Å². The Bertz CT molecular complexity index is 1630. The number of rotatable bonds is 8. The van der Waals surface area contributed by atoms with E-state index >= 15 is 0 Å². The Balaban J connectivity index is 1.48. The van der Waals surface area contributed by atoms with Crippen LogP contribution < -0.4 is 14.4 Å². The Labute approximate surface area is 271 Å². The third-order valence-electron chi connectivity index (χ3n) is 5.87. The molecular weight excluding hydrogens is 714 g/mol. The van der Waals surface area contributed by atoms with Crippen molar-refractivity contribution in [2.24, 2.45) is 4.99 Å². The fourth-order valence-electron chi connectivity index (χ4n) is 3.95. The first kappa shape index (κ1) is 29.8. The van der Waals surface area contributed by atoms with Crippen molar-refractivity contribution in [3.8, 4) is 11.5 Å². The van der Waals surface area contributed by atoms with Crippen molar-refractivity contribution in [1.82, 2.24) is 0 Å². The van der Waals surface area contributed by atoms with Gasteiger partial charge in [0.25, 0.3) is 5.91 Å². The van der Waals surface area contributed by atoms with E-state index in [1.54, 1.807) is 41.3 Å². The van der Waals surface area contributed by atoms with Gasteiger partial charge in [0.2, 0.25) is 0 Å². The van der Waals surface area contributed by atoms with Gasteiger partial charge < -0.3 is 9.47 Å². The highest BCUT2D eigenvalue weighted by atomic mass is 127. The van der Waals surface area contributed by atoms with Gasteiger partial charge in [-0.1, -0.05) is 46.9 Å². The van der Waals surface area contributed by atoms with Crippen LogP contribution in [-0.4, -0.2) is 17.7 Å². The molecule has 4 aromatic carbocycles. The van der Waals surface area contributed by atoms with Gasteiger partial charge in [0.05, 0.1) is 26.5 Å². The first-order chi connectivity index (χ1) is 19.8. The molecule has 0 aromatic heterocycles. The summed E-state index contributed by atoms with van der Waals surface area (Å²) in [5.41, 5.74) is 3.14. The van der Waals surface area contributed by atoms with Gasteiger partial charge in [0.1, 0.15) is 6.61 Å². The van der Waals surface area contributed by atoms with Gasteiger partial charge in [-0.05, 0) is 131 Å². The van der Waals surface area contributed by atoms with Gasteiger partial charge >= 0.3 is 0 Å². The van der Waals surface area contributed by atoms with Crippen LogP contribution in [0.15, 0.2) is 94.8 Å². The normalized spacial score (nSPS) is 15.1. The second kappa shape index (κ2) is 13.5. The number of hydrogen-bond donors (Lipinski definition) is 0. The van der Waals surface area contributed by atoms with Crippen LogP contribution in [0.5, 0.6) is 11.5 Å². The zero-order valence-electron chi connectivity index (χ0n) is 21.6. The molecule has 1 aliphatic heterocycles. The quantitative estimate of drug-likeness (QED) is 0.134. The summed E-state index contributed by atoms with van der Waals surface area (Å²) >= 11 is 21.7. The molecule has 10 heteroatoms. The molecule has 0 saturated carbocycles. The summed E-state index contributed by atoms with van der Waals surface area (Å²) in [6.07, 6.45) is 1.84. The van der Waals surface area contributed by atoms with Crippen molar-refractivity contribution in [2.75, 3.05) is 11.5 Å². The number of halogens is 4. The number of aliphatic imine (C=N–C) groups is 1. The van der Waals surface area contributed by atoms with E-state index in [-0.39, 0.29) is 5.91 Å². The van der Waals surface area contributed by atoms with Crippen LogP contribution in [0.3, 0.4) is 0 Å². The van der Waals surface area contributed by atoms with Crippen molar-refractivity contribution >= 4 is 97.7 Å². The maximum absolute atomic E-state index is 13.7. The lowest BCUT2D eigenvalue weighted by Crippen LogP contribution is -2.28.